The van der Waals surface area contributed by atoms with Crippen LogP contribution in [0.5, 0.6) is 0 Å². The molecule has 0 aromatic heterocycles. The second-order valence-electron chi connectivity index (χ2n) is 11.9. The number of carbonyl (C=O) groups excluding carboxylic acids is 3. The Morgan fingerprint density at radius 1 is 0.647 bits per heavy atom. The van der Waals surface area contributed by atoms with Gasteiger partial charge in [0.2, 0.25) is 11.8 Å². The van der Waals surface area contributed by atoms with E-state index in [0.29, 0.717) is 5.56 Å². The molecular formula is C32H51N3O16. The minimum atomic E-state index is -1.43. The molecule has 2 saturated heterocycles. The lowest BCUT2D eigenvalue weighted by molar-refractivity contribution is -0.294. The van der Waals surface area contributed by atoms with Gasteiger partial charge in [0.1, 0.15) is 56.3 Å². The Labute approximate surface area is 295 Å². The zero-order valence-electron chi connectivity index (χ0n) is 28.7. The van der Waals surface area contributed by atoms with E-state index in [-0.39, 0.29) is 59.3 Å². The molecular weight excluding hydrogens is 682 g/mol. The number of hydrogen-bond acceptors (Lipinski definition) is 16. The molecule has 2 fully saturated rings. The van der Waals surface area contributed by atoms with E-state index in [1.54, 1.807) is 30.3 Å². The Balaban J connectivity index is 1.34. The highest BCUT2D eigenvalue weighted by molar-refractivity contribution is 5.86. The Kier molecular flexibility index (Phi) is 18.4. The molecule has 2 aliphatic heterocycles. The molecule has 0 unspecified atom stereocenters. The first-order valence-corrected chi connectivity index (χ1v) is 16.7. The summed E-state index contributed by atoms with van der Waals surface area (Å²) in [5, 5.41) is 64.4. The average molecular weight is 734 g/mol. The predicted octanol–water partition coefficient (Wildman–Crippen LogP) is -3.42. The molecule has 0 bridgehead atoms. The van der Waals surface area contributed by atoms with Crippen molar-refractivity contribution in [1.82, 2.24) is 15.5 Å². The smallest absolute Gasteiger partial charge is 0.411 e. The molecule has 0 spiro atoms. The van der Waals surface area contributed by atoms with Crippen molar-refractivity contribution in [3.8, 4) is 0 Å². The van der Waals surface area contributed by atoms with E-state index >= 15 is 0 Å². The average Bonchev–Trinajstić information content (AvgIpc) is 3.12. The molecule has 0 saturated carbocycles. The van der Waals surface area contributed by atoms with Crippen LogP contribution in [0, 0.1) is 0 Å². The number of nitrogens with zero attached hydrogens (tertiary/aromatic N) is 1. The highest BCUT2D eigenvalue weighted by atomic mass is 16.7. The van der Waals surface area contributed by atoms with Gasteiger partial charge in [-0.15, -0.1) is 0 Å². The van der Waals surface area contributed by atoms with E-state index in [2.05, 4.69) is 10.6 Å². The number of ether oxygens (including phenoxy) is 7. The molecule has 1 aromatic rings. The minimum absolute atomic E-state index is 0.00412. The molecule has 51 heavy (non-hydrogen) atoms. The van der Waals surface area contributed by atoms with Gasteiger partial charge >= 0.3 is 6.09 Å². The van der Waals surface area contributed by atoms with Gasteiger partial charge in [-0.1, -0.05) is 30.3 Å². The van der Waals surface area contributed by atoms with Gasteiger partial charge in [-0.2, -0.15) is 0 Å². The van der Waals surface area contributed by atoms with E-state index in [1.165, 1.54) is 13.8 Å². The van der Waals surface area contributed by atoms with Crippen molar-refractivity contribution >= 4 is 17.9 Å². The summed E-state index contributed by atoms with van der Waals surface area (Å²) in [5.74, 6) is -1.15. The number of rotatable bonds is 20. The molecule has 2 aliphatic rings. The number of nitrogens with one attached hydrogen (secondary N) is 2. The predicted molar refractivity (Wildman–Crippen MR) is 172 cm³/mol. The van der Waals surface area contributed by atoms with Crippen LogP contribution in [0.2, 0.25) is 0 Å². The minimum Gasteiger partial charge on any atom is -0.445 e. The molecule has 10 atom stereocenters. The van der Waals surface area contributed by atoms with Crippen molar-refractivity contribution in [2.24, 2.45) is 0 Å². The van der Waals surface area contributed by atoms with Crippen LogP contribution in [0.4, 0.5) is 4.79 Å². The quantitative estimate of drug-likeness (QED) is 0.0607. The molecule has 8 N–H and O–H groups in total. The molecule has 3 rings (SSSR count). The third kappa shape index (κ3) is 14.1. The first kappa shape index (κ1) is 42.4. The zero-order valence-corrected chi connectivity index (χ0v) is 28.7. The van der Waals surface area contributed by atoms with Crippen molar-refractivity contribution in [2.45, 2.75) is 81.9 Å². The molecule has 1 aromatic carbocycles. The van der Waals surface area contributed by atoms with Crippen LogP contribution >= 0.6 is 0 Å². The van der Waals surface area contributed by atoms with Crippen molar-refractivity contribution in [1.29, 1.82) is 0 Å². The van der Waals surface area contributed by atoms with Gasteiger partial charge in [-0.05, 0) is 19.4 Å². The summed E-state index contributed by atoms with van der Waals surface area (Å²) in [6.45, 7) is 2.43. The molecule has 290 valence electrons. The maximum Gasteiger partial charge on any atom is 0.411 e. The largest absolute Gasteiger partial charge is 0.445 e. The number of aliphatic hydroxyl groups is 6. The number of carbonyl (C=O) groups is 3. The molecule has 19 heteroatoms. The number of amides is 3. The summed E-state index contributed by atoms with van der Waals surface area (Å²) < 4.78 is 37.6. The fourth-order valence-electron chi connectivity index (χ4n) is 4.93. The van der Waals surface area contributed by atoms with Gasteiger partial charge in [-0.3, -0.25) is 14.5 Å². The monoisotopic (exact) mass is 733 g/mol. The van der Waals surface area contributed by atoms with Gasteiger partial charge in [0.15, 0.2) is 12.6 Å². The van der Waals surface area contributed by atoms with Gasteiger partial charge in [0.05, 0.1) is 51.8 Å². The number of aliphatic hydroxyl groups excluding tert-OH is 6. The summed E-state index contributed by atoms with van der Waals surface area (Å²) in [7, 11) is 0. The standard InChI is InChI=1S/C32H51N3O16/c1-19-24(38)26(40)28(42)30(50-19)47-14-12-45-10-8-33-22(36)16-35(32(44)49-18-21-6-4-3-5-7-21)17-23(37)34-9-11-46-13-15-48-31-29(43)27(41)25(39)20(2)51-31/h3-7,19-20,24-31,38-43H,8-18H2,1-2H3,(H,33,36)(H,34,37)/t19-,20-,24-,25-,26+,27+,28+,29+,30+,31+/m0/s1. The van der Waals surface area contributed by atoms with Crippen molar-refractivity contribution in [3.63, 3.8) is 0 Å². The van der Waals surface area contributed by atoms with Crippen molar-refractivity contribution < 1.29 is 78.2 Å². The fourth-order valence-corrected chi connectivity index (χ4v) is 4.93. The molecule has 0 radical (unpaired) electrons. The van der Waals surface area contributed by atoms with Crippen LogP contribution in [-0.2, 0) is 49.4 Å². The first-order valence-electron chi connectivity index (χ1n) is 16.7. The van der Waals surface area contributed by atoms with Crippen LogP contribution in [0.15, 0.2) is 30.3 Å². The Bertz CT molecular complexity index is 1120. The topological polar surface area (TPSA) is 264 Å². The highest BCUT2D eigenvalue weighted by Gasteiger charge is 2.43. The summed E-state index contributed by atoms with van der Waals surface area (Å²) >= 11 is 0. The highest BCUT2D eigenvalue weighted by Crippen LogP contribution is 2.22. The lowest BCUT2D eigenvalue weighted by Crippen LogP contribution is -2.57. The maximum absolute atomic E-state index is 12.9. The normalized spacial score (nSPS) is 29.3. The maximum atomic E-state index is 12.9. The Morgan fingerprint density at radius 2 is 1.10 bits per heavy atom. The summed E-state index contributed by atoms with van der Waals surface area (Å²) in [6.07, 6.45) is -12.8. The van der Waals surface area contributed by atoms with Crippen LogP contribution in [0.3, 0.4) is 0 Å². The number of benzene rings is 1. The van der Waals surface area contributed by atoms with Gasteiger partial charge in [0.25, 0.3) is 0 Å². The fraction of sp³-hybridized carbons (Fsp3) is 0.719. The third-order valence-electron chi connectivity index (χ3n) is 7.91. The third-order valence-corrected chi connectivity index (χ3v) is 7.91. The summed E-state index contributed by atoms with van der Waals surface area (Å²) in [5.41, 5.74) is 0.711. The SMILES string of the molecule is C[C@@H]1O[C@@H](OCCOCCNC(=O)CN(CC(=O)NCCOCCO[C@@H]2O[C@@H](C)[C@H](O)[C@@H](O)[C@H]2O)C(=O)OCc2ccccc2)[C@H](O)[C@H](O)[C@H]1O. The van der Waals surface area contributed by atoms with Gasteiger partial charge < -0.3 is 74.4 Å². The van der Waals surface area contributed by atoms with Crippen molar-refractivity contribution in [3.05, 3.63) is 35.9 Å². The Hall–Kier alpha value is -3.05. The zero-order chi connectivity index (χ0) is 37.3. The molecule has 19 nitrogen and oxygen atoms in total. The second-order valence-corrected chi connectivity index (χ2v) is 11.9. The lowest BCUT2D eigenvalue weighted by atomic mass is 10.0. The van der Waals surface area contributed by atoms with Crippen LogP contribution < -0.4 is 10.6 Å². The molecule has 0 aliphatic carbocycles. The molecule has 2 heterocycles. The molecule has 3 amide bonds. The van der Waals surface area contributed by atoms with Gasteiger partial charge in [0, 0.05) is 13.1 Å². The van der Waals surface area contributed by atoms with Crippen molar-refractivity contribution in [2.75, 3.05) is 65.8 Å². The van der Waals surface area contributed by atoms with Crippen LogP contribution in [0.1, 0.15) is 19.4 Å². The Morgan fingerprint density at radius 3 is 1.55 bits per heavy atom. The summed E-state index contributed by atoms with van der Waals surface area (Å²) in [4.78, 5) is 39.1. The second kappa shape index (κ2) is 22.1. The summed E-state index contributed by atoms with van der Waals surface area (Å²) in [6, 6.07) is 8.86. The van der Waals surface area contributed by atoms with E-state index in [9.17, 15) is 45.0 Å². The van der Waals surface area contributed by atoms with E-state index < -0.39 is 92.4 Å². The number of hydrogen-bond donors (Lipinski definition) is 8. The van der Waals surface area contributed by atoms with Crippen LogP contribution in [0.25, 0.3) is 0 Å². The van der Waals surface area contributed by atoms with Crippen LogP contribution in [-0.4, -0.2) is 181 Å². The van der Waals surface area contributed by atoms with Gasteiger partial charge in [-0.25, -0.2) is 4.79 Å². The first-order chi connectivity index (χ1) is 24.4. The lowest BCUT2D eigenvalue weighted by Gasteiger charge is -2.38. The van der Waals surface area contributed by atoms with E-state index in [1.807, 2.05) is 0 Å². The van der Waals surface area contributed by atoms with E-state index in [0.717, 1.165) is 4.90 Å². The van der Waals surface area contributed by atoms with E-state index in [4.69, 9.17) is 33.2 Å².